The van der Waals surface area contributed by atoms with Crippen LogP contribution in [0.4, 0.5) is 0 Å². The number of hydrogen-bond acceptors (Lipinski definition) is 4. The van der Waals surface area contributed by atoms with Crippen LogP contribution in [0.5, 0.6) is 0 Å². The Morgan fingerprint density at radius 1 is 1.17 bits per heavy atom. The summed E-state index contributed by atoms with van der Waals surface area (Å²) < 4.78 is 7.75. The Labute approximate surface area is 143 Å². The summed E-state index contributed by atoms with van der Waals surface area (Å²) in [6.45, 7) is 3.30. The number of hydrogen-bond donors (Lipinski definition) is 0. The van der Waals surface area contributed by atoms with Crippen LogP contribution in [-0.2, 0) is 4.74 Å². The van der Waals surface area contributed by atoms with Gasteiger partial charge in [-0.1, -0.05) is 7.43 Å². The highest BCUT2D eigenvalue weighted by Crippen LogP contribution is 2.29. The quantitative estimate of drug-likeness (QED) is 0.813. The molecule has 2 aliphatic rings. The Morgan fingerprint density at radius 3 is 2.83 bits per heavy atom. The number of carbonyl (C=O) groups is 1. The van der Waals surface area contributed by atoms with Crippen molar-refractivity contribution in [2.75, 3.05) is 19.6 Å². The second-order valence-electron chi connectivity index (χ2n) is 6.46. The van der Waals surface area contributed by atoms with Crippen LogP contribution in [0.25, 0.3) is 5.69 Å². The molecule has 0 spiro atoms. The zero-order chi connectivity index (χ0) is 15.6. The first-order chi connectivity index (χ1) is 11.3. The number of pyridine rings is 1. The molecule has 2 aromatic rings. The molecular formula is C19H25N3O2. The normalized spacial score (nSPS) is 25.6. The van der Waals surface area contributed by atoms with E-state index in [2.05, 4.69) is 9.88 Å². The summed E-state index contributed by atoms with van der Waals surface area (Å²) >= 11 is 0. The van der Waals surface area contributed by atoms with E-state index in [0.717, 1.165) is 31.6 Å². The van der Waals surface area contributed by atoms with E-state index in [1.54, 1.807) is 12.4 Å². The van der Waals surface area contributed by atoms with Gasteiger partial charge in [0.05, 0.1) is 17.4 Å². The molecule has 0 amide bonds. The zero-order valence-corrected chi connectivity index (χ0v) is 13.1. The molecule has 0 aliphatic carbocycles. The molecule has 0 saturated carbocycles. The molecule has 24 heavy (non-hydrogen) atoms. The van der Waals surface area contributed by atoms with Gasteiger partial charge in [0.1, 0.15) is 6.10 Å². The van der Waals surface area contributed by atoms with Crippen LogP contribution in [0.1, 0.15) is 37.0 Å². The van der Waals surface area contributed by atoms with Crippen LogP contribution in [0, 0.1) is 5.92 Å². The van der Waals surface area contributed by atoms with Crippen molar-refractivity contribution in [1.82, 2.24) is 14.5 Å². The maximum atomic E-state index is 12.5. The van der Waals surface area contributed by atoms with Gasteiger partial charge in [-0.05, 0) is 44.0 Å². The van der Waals surface area contributed by atoms with Gasteiger partial charge in [-0.15, -0.1) is 0 Å². The molecule has 2 saturated heterocycles. The number of aromatic nitrogens is 2. The summed E-state index contributed by atoms with van der Waals surface area (Å²) in [6, 6.07) is 5.73. The predicted octanol–water partition coefficient (Wildman–Crippen LogP) is 3.15. The lowest BCUT2D eigenvalue weighted by Gasteiger charge is -2.41. The first kappa shape index (κ1) is 16.7. The minimum atomic E-state index is -0.254. The largest absolute Gasteiger partial charge is 0.458 e. The zero-order valence-electron chi connectivity index (χ0n) is 13.1. The molecule has 2 aromatic heterocycles. The molecule has 0 N–H and O–H groups in total. The topological polar surface area (TPSA) is 47.4 Å². The fraction of sp³-hybridized carbons (Fsp3) is 0.474. The van der Waals surface area contributed by atoms with E-state index in [0.29, 0.717) is 11.5 Å². The number of carbonyl (C=O) groups excluding carboxylic acids is 1. The molecule has 0 radical (unpaired) electrons. The first-order valence-electron chi connectivity index (χ1n) is 8.31. The average molecular weight is 327 g/mol. The van der Waals surface area contributed by atoms with E-state index in [4.69, 9.17) is 4.74 Å². The van der Waals surface area contributed by atoms with E-state index in [9.17, 15) is 4.79 Å². The van der Waals surface area contributed by atoms with Crippen molar-refractivity contribution in [3.05, 3.63) is 48.5 Å². The second-order valence-corrected chi connectivity index (χ2v) is 6.46. The summed E-state index contributed by atoms with van der Waals surface area (Å²) in [7, 11) is 0. The van der Waals surface area contributed by atoms with Gasteiger partial charge in [-0.25, -0.2) is 4.79 Å². The van der Waals surface area contributed by atoms with Crippen LogP contribution < -0.4 is 0 Å². The summed E-state index contributed by atoms with van der Waals surface area (Å²) in [5.41, 5.74) is 1.39. The van der Waals surface area contributed by atoms with Gasteiger partial charge in [0.25, 0.3) is 0 Å². The maximum absolute atomic E-state index is 12.5. The lowest BCUT2D eigenvalue weighted by atomic mass is 9.87. The summed E-state index contributed by atoms with van der Waals surface area (Å²) in [6.07, 6.45) is 10.6. The molecule has 4 heterocycles. The number of rotatable bonds is 3. The monoisotopic (exact) mass is 327 g/mol. The van der Waals surface area contributed by atoms with E-state index in [1.165, 1.54) is 13.0 Å². The van der Waals surface area contributed by atoms with Crippen molar-refractivity contribution in [1.29, 1.82) is 0 Å². The fourth-order valence-corrected chi connectivity index (χ4v) is 3.69. The molecule has 2 bridgehead atoms. The third-order valence-corrected chi connectivity index (χ3v) is 4.92. The number of ether oxygens (including phenoxy) is 1. The van der Waals surface area contributed by atoms with E-state index in [1.807, 2.05) is 35.2 Å². The Balaban J connectivity index is 0.00000169. The average Bonchev–Trinajstić information content (AvgIpc) is 3.12. The second kappa shape index (κ2) is 7.18. The van der Waals surface area contributed by atoms with Gasteiger partial charge in [-0.2, -0.15) is 0 Å². The summed E-state index contributed by atoms with van der Waals surface area (Å²) in [4.78, 5) is 19.2. The van der Waals surface area contributed by atoms with Gasteiger partial charge in [0.15, 0.2) is 0 Å². The molecule has 5 heteroatoms. The van der Waals surface area contributed by atoms with Crippen molar-refractivity contribution in [3.63, 3.8) is 0 Å². The Morgan fingerprint density at radius 2 is 2.00 bits per heavy atom. The van der Waals surface area contributed by atoms with Crippen molar-refractivity contribution >= 4 is 5.97 Å². The van der Waals surface area contributed by atoms with E-state index < -0.39 is 0 Å². The van der Waals surface area contributed by atoms with Crippen molar-refractivity contribution in [2.45, 2.75) is 32.8 Å². The van der Waals surface area contributed by atoms with Gasteiger partial charge in [-0.3, -0.25) is 4.98 Å². The lowest BCUT2D eigenvalue weighted by Crippen LogP contribution is -2.48. The molecule has 2 aliphatic heterocycles. The van der Waals surface area contributed by atoms with Crippen molar-refractivity contribution < 1.29 is 9.53 Å². The van der Waals surface area contributed by atoms with E-state index >= 15 is 0 Å². The van der Waals surface area contributed by atoms with Crippen LogP contribution in [0.3, 0.4) is 0 Å². The molecule has 3 unspecified atom stereocenters. The predicted molar refractivity (Wildman–Crippen MR) is 93.3 cm³/mol. The summed E-state index contributed by atoms with van der Waals surface area (Å²) in [5.74, 6) is 0.234. The van der Waals surface area contributed by atoms with Gasteiger partial charge < -0.3 is 14.2 Å². The molecular weight excluding hydrogens is 302 g/mol. The molecule has 128 valence electrons. The summed E-state index contributed by atoms with van der Waals surface area (Å²) in [5, 5.41) is 0. The molecule has 5 nitrogen and oxygen atoms in total. The highest BCUT2D eigenvalue weighted by Gasteiger charge is 2.34. The smallest absolute Gasteiger partial charge is 0.340 e. The third kappa shape index (κ3) is 3.36. The number of fused-ring (bicyclic) bond motifs is 2. The van der Waals surface area contributed by atoms with Crippen molar-refractivity contribution in [3.8, 4) is 5.69 Å². The third-order valence-electron chi connectivity index (χ3n) is 4.92. The minimum absolute atomic E-state index is 0. The lowest BCUT2D eigenvalue weighted by molar-refractivity contribution is -0.0293. The van der Waals surface area contributed by atoms with E-state index in [-0.39, 0.29) is 19.5 Å². The Kier molecular flexibility index (Phi) is 5.00. The fourth-order valence-electron chi connectivity index (χ4n) is 3.69. The van der Waals surface area contributed by atoms with Gasteiger partial charge in [0, 0.05) is 37.6 Å². The van der Waals surface area contributed by atoms with Crippen LogP contribution in [-0.4, -0.2) is 46.2 Å². The SMILES string of the molecule is C.O=C(OC1CCN2CCCC1C2)c1cncc(-n2cccc2)c1. The maximum Gasteiger partial charge on any atom is 0.340 e. The Bertz CT molecular complexity index is 684. The Hall–Kier alpha value is -2.14. The number of nitrogens with zero attached hydrogens (tertiary/aromatic N) is 3. The molecule has 2 fully saturated rings. The molecule has 4 rings (SSSR count). The number of esters is 1. The number of piperidine rings is 2. The first-order valence-corrected chi connectivity index (χ1v) is 8.31. The van der Waals surface area contributed by atoms with Crippen LogP contribution in [0.2, 0.25) is 0 Å². The van der Waals surface area contributed by atoms with Gasteiger partial charge in [0.2, 0.25) is 0 Å². The highest BCUT2D eigenvalue weighted by atomic mass is 16.5. The standard InChI is InChI=1S/C18H21N3O2.CH4/c22-18(23-17-5-9-20-6-3-4-14(17)13-20)15-10-16(12-19-11-15)21-7-1-2-8-21;/h1-2,7-8,10-12,14,17H,3-6,9,13H2;1H4. The van der Waals surface area contributed by atoms with Gasteiger partial charge >= 0.3 is 5.97 Å². The van der Waals surface area contributed by atoms with Crippen molar-refractivity contribution in [2.24, 2.45) is 5.92 Å². The molecule has 0 aromatic carbocycles. The minimum Gasteiger partial charge on any atom is -0.458 e. The van der Waals surface area contributed by atoms with Crippen LogP contribution in [0.15, 0.2) is 43.0 Å². The highest BCUT2D eigenvalue weighted by molar-refractivity contribution is 5.89. The van der Waals surface area contributed by atoms with Crippen LogP contribution >= 0.6 is 0 Å². The molecule has 3 atom stereocenters.